The van der Waals surface area contributed by atoms with Crippen LogP contribution in [-0.2, 0) is 4.74 Å². The first kappa shape index (κ1) is 11.0. The van der Waals surface area contributed by atoms with E-state index in [2.05, 4.69) is 18.7 Å². The van der Waals surface area contributed by atoms with E-state index in [4.69, 9.17) is 4.74 Å². The summed E-state index contributed by atoms with van der Waals surface area (Å²) < 4.78 is 5.14. The third kappa shape index (κ3) is 4.10. The molecule has 0 unspecified atom stereocenters. The summed E-state index contributed by atoms with van der Waals surface area (Å²) in [4.78, 5) is 2.57. The highest BCUT2D eigenvalue weighted by Crippen LogP contribution is 2.16. The molecule has 1 saturated heterocycles. The minimum absolute atomic E-state index is 0.679. The Labute approximate surface area is 82.3 Å². The number of hydrogen-bond donors (Lipinski definition) is 0. The molecule has 2 heteroatoms. The van der Waals surface area contributed by atoms with Crippen LogP contribution in [0.4, 0.5) is 0 Å². The van der Waals surface area contributed by atoms with Crippen molar-refractivity contribution in [2.24, 2.45) is 11.8 Å². The van der Waals surface area contributed by atoms with Gasteiger partial charge in [0.15, 0.2) is 0 Å². The molecular weight excluding hydrogens is 162 g/mol. The van der Waals surface area contributed by atoms with Crippen LogP contribution in [0.1, 0.15) is 26.7 Å². The van der Waals surface area contributed by atoms with E-state index in [0.717, 1.165) is 12.5 Å². The van der Waals surface area contributed by atoms with E-state index in [1.54, 1.807) is 7.11 Å². The lowest BCUT2D eigenvalue weighted by Gasteiger charge is -2.31. The standard InChI is InChI=1S/C11H23NO/c1-10-4-6-12(7-5-10)8-11(2)9-13-3/h10-11H,4-9H2,1-3H3/t11-/m0/s1. The van der Waals surface area contributed by atoms with Crippen molar-refractivity contribution in [3.8, 4) is 0 Å². The second-order valence-electron chi connectivity index (χ2n) is 4.54. The number of likely N-dealkylation sites (tertiary alicyclic amines) is 1. The molecule has 2 nitrogen and oxygen atoms in total. The zero-order valence-electron chi connectivity index (χ0n) is 9.25. The van der Waals surface area contributed by atoms with Gasteiger partial charge in [-0.3, -0.25) is 0 Å². The van der Waals surface area contributed by atoms with Crippen LogP contribution >= 0.6 is 0 Å². The van der Waals surface area contributed by atoms with Gasteiger partial charge in [-0.2, -0.15) is 0 Å². The number of methoxy groups -OCH3 is 1. The van der Waals surface area contributed by atoms with E-state index in [0.29, 0.717) is 5.92 Å². The molecule has 1 rings (SSSR count). The Hall–Kier alpha value is -0.0800. The van der Waals surface area contributed by atoms with Gasteiger partial charge in [-0.25, -0.2) is 0 Å². The SMILES string of the molecule is COC[C@@H](C)CN1CCC(C)CC1. The molecule has 0 saturated carbocycles. The van der Waals surface area contributed by atoms with Gasteiger partial charge in [0, 0.05) is 20.3 Å². The van der Waals surface area contributed by atoms with Crippen LogP contribution in [0.25, 0.3) is 0 Å². The number of piperidine rings is 1. The molecule has 1 heterocycles. The van der Waals surface area contributed by atoms with Crippen LogP contribution in [0.5, 0.6) is 0 Å². The largest absolute Gasteiger partial charge is 0.384 e. The molecule has 0 aromatic carbocycles. The zero-order chi connectivity index (χ0) is 9.68. The van der Waals surface area contributed by atoms with E-state index in [1.807, 2.05) is 0 Å². The van der Waals surface area contributed by atoms with Crippen molar-refractivity contribution in [1.29, 1.82) is 0 Å². The fraction of sp³-hybridized carbons (Fsp3) is 1.00. The van der Waals surface area contributed by atoms with Crippen molar-refractivity contribution < 1.29 is 4.74 Å². The van der Waals surface area contributed by atoms with Gasteiger partial charge in [0.2, 0.25) is 0 Å². The summed E-state index contributed by atoms with van der Waals surface area (Å²) in [6.45, 7) is 9.30. The first-order chi connectivity index (χ1) is 6.22. The fourth-order valence-corrected chi connectivity index (χ4v) is 2.02. The molecule has 1 fully saturated rings. The molecule has 78 valence electrons. The smallest absolute Gasteiger partial charge is 0.0500 e. The maximum absolute atomic E-state index is 5.14. The third-order valence-corrected chi connectivity index (χ3v) is 2.90. The van der Waals surface area contributed by atoms with E-state index in [-0.39, 0.29) is 0 Å². The molecule has 0 aromatic rings. The molecule has 1 atom stereocenters. The molecule has 0 amide bonds. The Bertz CT molecular complexity index is 130. The normalized spacial score (nSPS) is 23.3. The Morgan fingerprint density at radius 2 is 2.00 bits per heavy atom. The molecule has 0 radical (unpaired) electrons. The van der Waals surface area contributed by atoms with Gasteiger partial charge in [0.05, 0.1) is 0 Å². The lowest BCUT2D eigenvalue weighted by atomic mass is 9.98. The van der Waals surface area contributed by atoms with Crippen molar-refractivity contribution in [1.82, 2.24) is 4.90 Å². The molecule has 0 aliphatic carbocycles. The van der Waals surface area contributed by atoms with Crippen LogP contribution < -0.4 is 0 Å². The van der Waals surface area contributed by atoms with E-state index >= 15 is 0 Å². The Morgan fingerprint density at radius 3 is 2.54 bits per heavy atom. The summed E-state index contributed by atoms with van der Waals surface area (Å²) in [6.07, 6.45) is 2.75. The lowest BCUT2D eigenvalue weighted by molar-refractivity contribution is 0.112. The van der Waals surface area contributed by atoms with E-state index in [1.165, 1.54) is 32.5 Å². The second-order valence-corrected chi connectivity index (χ2v) is 4.54. The van der Waals surface area contributed by atoms with Crippen molar-refractivity contribution in [2.75, 3.05) is 33.4 Å². The molecule has 1 aliphatic rings. The molecule has 13 heavy (non-hydrogen) atoms. The Balaban J connectivity index is 2.14. The first-order valence-electron chi connectivity index (χ1n) is 5.43. The summed E-state index contributed by atoms with van der Waals surface area (Å²) in [5, 5.41) is 0. The fourth-order valence-electron chi connectivity index (χ4n) is 2.02. The average Bonchev–Trinajstić information content (AvgIpc) is 2.09. The van der Waals surface area contributed by atoms with Crippen molar-refractivity contribution >= 4 is 0 Å². The highest BCUT2D eigenvalue weighted by atomic mass is 16.5. The lowest BCUT2D eigenvalue weighted by Crippen LogP contribution is -2.36. The van der Waals surface area contributed by atoms with Crippen LogP contribution in [0.2, 0.25) is 0 Å². The number of rotatable bonds is 4. The first-order valence-corrected chi connectivity index (χ1v) is 5.43. The minimum atomic E-state index is 0.679. The van der Waals surface area contributed by atoms with Gasteiger partial charge in [-0.1, -0.05) is 13.8 Å². The van der Waals surface area contributed by atoms with Gasteiger partial charge >= 0.3 is 0 Å². The highest BCUT2D eigenvalue weighted by Gasteiger charge is 2.16. The number of ether oxygens (including phenoxy) is 1. The van der Waals surface area contributed by atoms with Gasteiger partial charge in [-0.15, -0.1) is 0 Å². The average molecular weight is 185 g/mol. The molecule has 0 aromatic heterocycles. The Kier molecular flexibility index (Phi) is 4.74. The van der Waals surface area contributed by atoms with Gasteiger partial charge in [-0.05, 0) is 37.8 Å². The summed E-state index contributed by atoms with van der Waals surface area (Å²) in [7, 11) is 1.79. The molecule has 0 N–H and O–H groups in total. The predicted molar refractivity (Wildman–Crippen MR) is 55.9 cm³/mol. The van der Waals surface area contributed by atoms with Crippen LogP contribution in [0.3, 0.4) is 0 Å². The quantitative estimate of drug-likeness (QED) is 0.664. The maximum atomic E-state index is 5.14. The molecular formula is C11H23NO. The number of hydrogen-bond acceptors (Lipinski definition) is 2. The second kappa shape index (κ2) is 5.61. The summed E-state index contributed by atoms with van der Waals surface area (Å²) >= 11 is 0. The van der Waals surface area contributed by atoms with Gasteiger partial charge in [0.25, 0.3) is 0 Å². The topological polar surface area (TPSA) is 12.5 Å². The van der Waals surface area contributed by atoms with Crippen molar-refractivity contribution in [3.63, 3.8) is 0 Å². The van der Waals surface area contributed by atoms with Crippen molar-refractivity contribution in [2.45, 2.75) is 26.7 Å². The van der Waals surface area contributed by atoms with Gasteiger partial charge in [0.1, 0.15) is 0 Å². The predicted octanol–water partition coefficient (Wildman–Crippen LogP) is 2.00. The zero-order valence-corrected chi connectivity index (χ0v) is 9.25. The van der Waals surface area contributed by atoms with Crippen LogP contribution in [0, 0.1) is 11.8 Å². The van der Waals surface area contributed by atoms with E-state index < -0.39 is 0 Å². The molecule has 0 spiro atoms. The van der Waals surface area contributed by atoms with Gasteiger partial charge < -0.3 is 9.64 Å². The van der Waals surface area contributed by atoms with Crippen LogP contribution in [0.15, 0.2) is 0 Å². The monoisotopic (exact) mass is 185 g/mol. The summed E-state index contributed by atoms with van der Waals surface area (Å²) in [6, 6.07) is 0. The number of nitrogens with zero attached hydrogens (tertiary/aromatic N) is 1. The Morgan fingerprint density at radius 1 is 1.38 bits per heavy atom. The van der Waals surface area contributed by atoms with E-state index in [9.17, 15) is 0 Å². The van der Waals surface area contributed by atoms with Crippen LogP contribution in [-0.4, -0.2) is 38.3 Å². The highest BCUT2D eigenvalue weighted by molar-refractivity contribution is 4.70. The summed E-state index contributed by atoms with van der Waals surface area (Å²) in [5.74, 6) is 1.62. The minimum Gasteiger partial charge on any atom is -0.384 e. The summed E-state index contributed by atoms with van der Waals surface area (Å²) in [5.41, 5.74) is 0. The molecule has 1 aliphatic heterocycles. The third-order valence-electron chi connectivity index (χ3n) is 2.90. The maximum Gasteiger partial charge on any atom is 0.0500 e. The van der Waals surface area contributed by atoms with Crippen molar-refractivity contribution in [3.05, 3.63) is 0 Å². The molecule has 0 bridgehead atoms.